The summed E-state index contributed by atoms with van der Waals surface area (Å²) in [6.07, 6.45) is 3.49. The lowest BCUT2D eigenvalue weighted by Crippen LogP contribution is -2.23. The Morgan fingerprint density at radius 1 is 1.21 bits per heavy atom. The van der Waals surface area contributed by atoms with Gasteiger partial charge >= 0.3 is 0 Å². The number of anilines is 1. The smallest absolute Gasteiger partial charge is 0.163 e. The molecule has 24 heavy (non-hydrogen) atoms. The molecule has 0 saturated heterocycles. The molecule has 0 aliphatic heterocycles. The van der Waals surface area contributed by atoms with Gasteiger partial charge in [0.2, 0.25) is 0 Å². The third-order valence-electron chi connectivity index (χ3n) is 4.29. The highest BCUT2D eigenvalue weighted by molar-refractivity contribution is 7.84. The molecule has 0 spiro atoms. The van der Waals surface area contributed by atoms with E-state index >= 15 is 0 Å². The van der Waals surface area contributed by atoms with Crippen molar-refractivity contribution in [3.8, 4) is 0 Å². The van der Waals surface area contributed by atoms with Gasteiger partial charge in [-0.15, -0.1) is 0 Å². The summed E-state index contributed by atoms with van der Waals surface area (Å²) < 4.78 is 13.3. The van der Waals surface area contributed by atoms with Gasteiger partial charge in [0.1, 0.15) is 11.6 Å². The fourth-order valence-corrected chi connectivity index (χ4v) is 3.25. The maximum atomic E-state index is 11.5. The SMILES string of the molecule is Cc1nc(N(C)[C@@H](C)c2ccc([S@](C)=O)cc2)c2cnn(C)c2n1. The average Bonchev–Trinajstić information content (AvgIpc) is 2.94. The molecule has 0 saturated carbocycles. The van der Waals surface area contributed by atoms with Gasteiger partial charge < -0.3 is 4.90 Å². The fourth-order valence-electron chi connectivity index (χ4n) is 2.73. The minimum Gasteiger partial charge on any atom is -0.352 e. The van der Waals surface area contributed by atoms with Crippen LogP contribution in [0.4, 0.5) is 5.82 Å². The molecular formula is C17H21N5OS. The minimum absolute atomic E-state index is 0.113. The van der Waals surface area contributed by atoms with Crippen LogP contribution in [0.2, 0.25) is 0 Å². The molecule has 6 nitrogen and oxygen atoms in total. The summed E-state index contributed by atoms with van der Waals surface area (Å²) in [5, 5.41) is 5.23. The maximum absolute atomic E-state index is 11.5. The Bertz CT molecular complexity index is 903. The molecule has 2 heterocycles. The molecule has 7 heteroatoms. The number of rotatable bonds is 4. The fraction of sp³-hybridized carbons (Fsp3) is 0.353. The van der Waals surface area contributed by atoms with Gasteiger partial charge in [-0.05, 0) is 31.5 Å². The number of hydrogen-bond donors (Lipinski definition) is 0. The lowest BCUT2D eigenvalue weighted by molar-refractivity contribution is 0.686. The van der Waals surface area contributed by atoms with Crippen molar-refractivity contribution in [1.29, 1.82) is 0 Å². The second-order valence-electron chi connectivity index (χ2n) is 5.91. The first kappa shape index (κ1) is 16.6. The van der Waals surface area contributed by atoms with Gasteiger partial charge in [0.05, 0.1) is 17.6 Å². The van der Waals surface area contributed by atoms with E-state index in [1.807, 2.05) is 45.3 Å². The van der Waals surface area contributed by atoms with Crippen LogP contribution in [0, 0.1) is 6.92 Å². The first-order valence-electron chi connectivity index (χ1n) is 7.71. The minimum atomic E-state index is -0.961. The molecule has 0 amide bonds. The number of nitrogens with zero attached hydrogens (tertiary/aromatic N) is 5. The Hall–Kier alpha value is -2.28. The Kier molecular flexibility index (Phi) is 4.36. The van der Waals surface area contributed by atoms with Crippen LogP contribution in [-0.4, -0.2) is 37.3 Å². The molecule has 1 aromatic carbocycles. The Labute approximate surface area is 144 Å². The van der Waals surface area contributed by atoms with Gasteiger partial charge in [-0.2, -0.15) is 5.10 Å². The summed E-state index contributed by atoms with van der Waals surface area (Å²) in [5.74, 6) is 1.58. The molecule has 3 aromatic rings. The predicted octanol–water partition coefficient (Wildman–Crippen LogP) is 2.61. The maximum Gasteiger partial charge on any atom is 0.163 e. The van der Waals surface area contributed by atoms with Crippen LogP contribution in [0.5, 0.6) is 0 Å². The van der Waals surface area contributed by atoms with Crippen molar-refractivity contribution in [2.24, 2.45) is 7.05 Å². The first-order chi connectivity index (χ1) is 11.4. The molecule has 2 aromatic heterocycles. The Morgan fingerprint density at radius 3 is 2.50 bits per heavy atom. The molecule has 3 rings (SSSR count). The van der Waals surface area contributed by atoms with Crippen molar-refractivity contribution in [1.82, 2.24) is 19.7 Å². The third kappa shape index (κ3) is 2.91. The molecular weight excluding hydrogens is 322 g/mol. The molecule has 0 aliphatic carbocycles. The van der Waals surface area contributed by atoms with Crippen LogP contribution in [0.15, 0.2) is 35.4 Å². The van der Waals surface area contributed by atoms with Gasteiger partial charge in [-0.25, -0.2) is 9.97 Å². The van der Waals surface area contributed by atoms with E-state index in [9.17, 15) is 4.21 Å². The zero-order valence-electron chi connectivity index (χ0n) is 14.5. The van der Waals surface area contributed by atoms with E-state index in [-0.39, 0.29) is 6.04 Å². The van der Waals surface area contributed by atoms with Gasteiger partial charge in [-0.1, -0.05) is 12.1 Å². The van der Waals surface area contributed by atoms with Crippen LogP contribution in [0.1, 0.15) is 24.4 Å². The first-order valence-corrected chi connectivity index (χ1v) is 9.27. The van der Waals surface area contributed by atoms with E-state index in [2.05, 4.69) is 26.9 Å². The highest BCUT2D eigenvalue weighted by Gasteiger charge is 2.19. The third-order valence-corrected chi connectivity index (χ3v) is 5.23. The summed E-state index contributed by atoms with van der Waals surface area (Å²) in [4.78, 5) is 12.0. The molecule has 0 radical (unpaired) electrons. The number of benzene rings is 1. The molecule has 0 unspecified atom stereocenters. The van der Waals surface area contributed by atoms with Crippen molar-refractivity contribution in [3.05, 3.63) is 41.9 Å². The number of fused-ring (bicyclic) bond motifs is 1. The van der Waals surface area contributed by atoms with E-state index in [0.717, 1.165) is 33.1 Å². The highest BCUT2D eigenvalue weighted by atomic mass is 32.2. The van der Waals surface area contributed by atoms with Crippen LogP contribution < -0.4 is 4.90 Å². The van der Waals surface area contributed by atoms with Crippen molar-refractivity contribution >= 4 is 27.7 Å². The molecule has 0 N–H and O–H groups in total. The second-order valence-corrected chi connectivity index (χ2v) is 7.29. The van der Waals surface area contributed by atoms with Crippen LogP contribution in [0.3, 0.4) is 0 Å². The van der Waals surface area contributed by atoms with Gasteiger partial charge in [-0.3, -0.25) is 8.89 Å². The van der Waals surface area contributed by atoms with E-state index < -0.39 is 10.8 Å². The number of aromatic nitrogens is 4. The highest BCUT2D eigenvalue weighted by Crippen LogP contribution is 2.29. The average molecular weight is 343 g/mol. The van der Waals surface area contributed by atoms with E-state index in [0.29, 0.717) is 0 Å². The number of aryl methyl sites for hydroxylation is 2. The normalized spacial score (nSPS) is 13.9. The van der Waals surface area contributed by atoms with E-state index in [1.54, 1.807) is 17.1 Å². The molecule has 0 bridgehead atoms. The molecule has 0 aliphatic rings. The lowest BCUT2D eigenvalue weighted by Gasteiger charge is -2.27. The monoisotopic (exact) mass is 343 g/mol. The summed E-state index contributed by atoms with van der Waals surface area (Å²) in [6, 6.07) is 7.99. The van der Waals surface area contributed by atoms with Crippen LogP contribution >= 0.6 is 0 Å². The van der Waals surface area contributed by atoms with E-state index in [1.165, 1.54) is 0 Å². The van der Waals surface area contributed by atoms with Crippen molar-refractivity contribution in [2.45, 2.75) is 24.8 Å². The lowest BCUT2D eigenvalue weighted by atomic mass is 10.1. The standard InChI is InChI=1S/C17H21N5OS/c1-11(13-6-8-14(9-7-13)24(5)23)21(3)16-15-10-18-22(4)17(15)20-12(2)19-16/h6-11H,1-5H3/t11-,24-/m0/s1. The molecule has 0 fully saturated rings. The summed E-state index contributed by atoms with van der Waals surface area (Å²) >= 11 is 0. The Balaban J connectivity index is 1.99. The predicted molar refractivity (Wildman–Crippen MR) is 96.6 cm³/mol. The van der Waals surface area contributed by atoms with E-state index in [4.69, 9.17) is 0 Å². The zero-order valence-corrected chi connectivity index (χ0v) is 15.3. The number of hydrogen-bond acceptors (Lipinski definition) is 5. The quantitative estimate of drug-likeness (QED) is 0.728. The summed E-state index contributed by atoms with van der Waals surface area (Å²) in [6.45, 7) is 4.01. The van der Waals surface area contributed by atoms with Gasteiger partial charge in [0.15, 0.2) is 5.65 Å². The second kappa shape index (κ2) is 6.32. The van der Waals surface area contributed by atoms with Crippen molar-refractivity contribution in [3.63, 3.8) is 0 Å². The van der Waals surface area contributed by atoms with Crippen LogP contribution in [0.25, 0.3) is 11.0 Å². The summed E-state index contributed by atoms with van der Waals surface area (Å²) in [5.41, 5.74) is 1.97. The Morgan fingerprint density at radius 2 is 1.88 bits per heavy atom. The van der Waals surface area contributed by atoms with Gasteiger partial charge in [0, 0.05) is 36.0 Å². The van der Waals surface area contributed by atoms with Crippen molar-refractivity contribution < 1.29 is 4.21 Å². The van der Waals surface area contributed by atoms with Gasteiger partial charge in [0.25, 0.3) is 0 Å². The molecule has 126 valence electrons. The zero-order chi connectivity index (χ0) is 17.4. The molecule has 2 atom stereocenters. The van der Waals surface area contributed by atoms with Crippen molar-refractivity contribution in [2.75, 3.05) is 18.2 Å². The summed E-state index contributed by atoms with van der Waals surface area (Å²) in [7, 11) is 2.94. The topological polar surface area (TPSA) is 63.9 Å². The largest absolute Gasteiger partial charge is 0.352 e. The van der Waals surface area contributed by atoms with Crippen LogP contribution in [-0.2, 0) is 17.8 Å².